The van der Waals surface area contributed by atoms with E-state index in [-0.39, 0.29) is 5.41 Å². The summed E-state index contributed by atoms with van der Waals surface area (Å²) in [5.41, 5.74) is 8.05. The molecule has 0 aliphatic heterocycles. The van der Waals surface area contributed by atoms with Crippen molar-refractivity contribution in [1.82, 2.24) is 0 Å². The Kier molecular flexibility index (Phi) is 2.92. The third kappa shape index (κ3) is 1.91. The van der Waals surface area contributed by atoms with E-state index >= 15 is 0 Å². The van der Waals surface area contributed by atoms with Crippen LogP contribution in [-0.4, -0.2) is 0 Å². The fourth-order valence-corrected chi connectivity index (χ4v) is 3.65. The van der Waals surface area contributed by atoms with Crippen molar-refractivity contribution in [3.8, 4) is 22.3 Å². The summed E-state index contributed by atoms with van der Waals surface area (Å²) < 4.78 is 0. The summed E-state index contributed by atoms with van der Waals surface area (Å²) in [5.74, 6) is 0. The van der Waals surface area contributed by atoms with Gasteiger partial charge in [0.25, 0.3) is 0 Å². The molecule has 0 radical (unpaired) electrons. The average Bonchev–Trinajstić information content (AvgIpc) is 2.77. The molecule has 1 heteroatoms. The van der Waals surface area contributed by atoms with E-state index in [2.05, 4.69) is 68.4 Å². The van der Waals surface area contributed by atoms with Crippen LogP contribution in [0.4, 0.5) is 0 Å². The van der Waals surface area contributed by atoms with Crippen LogP contribution < -0.4 is 0 Å². The lowest BCUT2D eigenvalue weighted by molar-refractivity contribution is 0.660. The lowest BCUT2D eigenvalue weighted by Gasteiger charge is -2.22. The first kappa shape index (κ1) is 13.6. The van der Waals surface area contributed by atoms with Crippen molar-refractivity contribution in [3.63, 3.8) is 0 Å². The molecule has 0 bridgehead atoms. The molecular formula is C21H17Cl. The molecule has 0 unspecified atom stereocenters. The summed E-state index contributed by atoms with van der Waals surface area (Å²) >= 11 is 6.00. The Morgan fingerprint density at radius 2 is 1.32 bits per heavy atom. The lowest BCUT2D eigenvalue weighted by atomic mass is 9.81. The normalized spacial score (nSPS) is 14.5. The fraction of sp³-hybridized carbons (Fsp3) is 0.143. The van der Waals surface area contributed by atoms with Crippen LogP contribution in [0.3, 0.4) is 0 Å². The smallest absolute Gasteiger partial charge is 0.0406 e. The summed E-state index contributed by atoms with van der Waals surface area (Å²) in [7, 11) is 0. The predicted octanol–water partition coefficient (Wildman–Crippen LogP) is 6.31. The van der Waals surface area contributed by atoms with Gasteiger partial charge in [-0.05, 0) is 51.6 Å². The number of benzene rings is 3. The van der Waals surface area contributed by atoms with Gasteiger partial charge in [0.2, 0.25) is 0 Å². The summed E-state index contributed by atoms with van der Waals surface area (Å²) in [5, 5.41) is 0.776. The minimum Gasteiger partial charge on any atom is -0.0843 e. The fourth-order valence-electron chi connectivity index (χ4n) is 3.53. The van der Waals surface area contributed by atoms with Crippen LogP contribution in [0.1, 0.15) is 25.0 Å². The zero-order chi connectivity index (χ0) is 15.3. The number of hydrogen-bond acceptors (Lipinski definition) is 0. The van der Waals surface area contributed by atoms with Crippen LogP contribution in [0, 0.1) is 0 Å². The van der Waals surface area contributed by atoms with Gasteiger partial charge in [-0.3, -0.25) is 0 Å². The standard InChI is InChI=1S/C21H17Cl/c1-21(2)19-6-4-3-5-17(19)18-12-9-15(13-20(18)21)14-7-10-16(22)11-8-14/h3-13H,1-2H3. The van der Waals surface area contributed by atoms with E-state index in [4.69, 9.17) is 11.6 Å². The van der Waals surface area contributed by atoms with E-state index in [0.717, 1.165) is 5.02 Å². The Morgan fingerprint density at radius 1 is 0.682 bits per heavy atom. The van der Waals surface area contributed by atoms with Gasteiger partial charge in [0.1, 0.15) is 0 Å². The van der Waals surface area contributed by atoms with Crippen LogP contribution in [0.5, 0.6) is 0 Å². The van der Waals surface area contributed by atoms with Gasteiger partial charge in [-0.1, -0.05) is 74.0 Å². The van der Waals surface area contributed by atoms with Crippen molar-refractivity contribution in [3.05, 3.63) is 82.9 Å². The molecule has 108 valence electrons. The van der Waals surface area contributed by atoms with E-state index in [1.165, 1.54) is 33.4 Å². The maximum Gasteiger partial charge on any atom is 0.0406 e. The molecule has 1 aliphatic carbocycles. The predicted molar refractivity (Wildman–Crippen MR) is 94.5 cm³/mol. The number of rotatable bonds is 1. The first-order chi connectivity index (χ1) is 10.6. The van der Waals surface area contributed by atoms with Crippen molar-refractivity contribution < 1.29 is 0 Å². The molecule has 0 saturated heterocycles. The van der Waals surface area contributed by atoms with Crippen molar-refractivity contribution in [1.29, 1.82) is 0 Å². The Bertz CT molecular complexity index is 857. The highest BCUT2D eigenvalue weighted by atomic mass is 35.5. The van der Waals surface area contributed by atoms with Gasteiger partial charge in [0.15, 0.2) is 0 Å². The molecule has 3 aromatic rings. The third-order valence-electron chi connectivity index (χ3n) is 4.76. The van der Waals surface area contributed by atoms with Crippen LogP contribution in [-0.2, 0) is 5.41 Å². The SMILES string of the molecule is CC1(C)c2ccccc2-c2ccc(-c3ccc(Cl)cc3)cc21. The number of halogens is 1. The second-order valence-electron chi connectivity index (χ2n) is 6.44. The van der Waals surface area contributed by atoms with E-state index in [1.807, 2.05) is 12.1 Å². The van der Waals surface area contributed by atoms with Crippen molar-refractivity contribution in [2.24, 2.45) is 0 Å². The first-order valence-corrected chi connectivity index (χ1v) is 7.95. The molecule has 0 amide bonds. The van der Waals surface area contributed by atoms with E-state index in [0.29, 0.717) is 0 Å². The molecule has 0 saturated carbocycles. The lowest BCUT2D eigenvalue weighted by Crippen LogP contribution is -2.14. The summed E-state index contributed by atoms with van der Waals surface area (Å²) in [6.07, 6.45) is 0. The molecule has 0 nitrogen and oxygen atoms in total. The third-order valence-corrected chi connectivity index (χ3v) is 5.01. The van der Waals surface area contributed by atoms with Crippen molar-refractivity contribution >= 4 is 11.6 Å². The Hall–Kier alpha value is -2.05. The van der Waals surface area contributed by atoms with Crippen molar-refractivity contribution in [2.75, 3.05) is 0 Å². The van der Waals surface area contributed by atoms with Crippen LogP contribution in [0.25, 0.3) is 22.3 Å². The molecule has 0 heterocycles. The maximum atomic E-state index is 6.00. The van der Waals surface area contributed by atoms with Gasteiger partial charge in [-0.15, -0.1) is 0 Å². The first-order valence-electron chi connectivity index (χ1n) is 7.58. The van der Waals surface area contributed by atoms with Crippen LogP contribution in [0.2, 0.25) is 5.02 Å². The highest BCUT2D eigenvalue weighted by Crippen LogP contribution is 2.49. The van der Waals surface area contributed by atoms with E-state index in [1.54, 1.807) is 0 Å². The van der Waals surface area contributed by atoms with Gasteiger partial charge in [0.05, 0.1) is 0 Å². The molecule has 22 heavy (non-hydrogen) atoms. The van der Waals surface area contributed by atoms with Gasteiger partial charge >= 0.3 is 0 Å². The van der Waals surface area contributed by atoms with Crippen LogP contribution >= 0.6 is 11.6 Å². The Labute approximate surface area is 136 Å². The van der Waals surface area contributed by atoms with Gasteiger partial charge in [-0.25, -0.2) is 0 Å². The average molecular weight is 305 g/mol. The van der Waals surface area contributed by atoms with Crippen molar-refractivity contribution in [2.45, 2.75) is 19.3 Å². The maximum absolute atomic E-state index is 6.00. The quantitative estimate of drug-likeness (QED) is 0.494. The monoisotopic (exact) mass is 304 g/mol. The molecule has 4 rings (SSSR count). The molecule has 0 N–H and O–H groups in total. The largest absolute Gasteiger partial charge is 0.0843 e. The van der Waals surface area contributed by atoms with Gasteiger partial charge < -0.3 is 0 Å². The van der Waals surface area contributed by atoms with E-state index < -0.39 is 0 Å². The second kappa shape index (κ2) is 4.72. The minimum atomic E-state index is 0.0500. The highest BCUT2D eigenvalue weighted by Gasteiger charge is 2.35. The molecule has 0 spiro atoms. The molecule has 0 fully saturated rings. The zero-order valence-electron chi connectivity index (χ0n) is 12.7. The zero-order valence-corrected chi connectivity index (χ0v) is 13.5. The summed E-state index contributed by atoms with van der Waals surface area (Å²) in [6, 6.07) is 23.6. The second-order valence-corrected chi connectivity index (χ2v) is 6.87. The topological polar surface area (TPSA) is 0 Å². The number of hydrogen-bond donors (Lipinski definition) is 0. The van der Waals surface area contributed by atoms with Gasteiger partial charge in [0, 0.05) is 10.4 Å². The molecular weight excluding hydrogens is 288 g/mol. The molecule has 0 aromatic heterocycles. The Balaban J connectivity index is 1.90. The molecule has 3 aromatic carbocycles. The summed E-state index contributed by atoms with van der Waals surface area (Å²) in [6.45, 7) is 4.62. The highest BCUT2D eigenvalue weighted by molar-refractivity contribution is 6.30. The van der Waals surface area contributed by atoms with Gasteiger partial charge in [-0.2, -0.15) is 0 Å². The Morgan fingerprint density at radius 3 is 2.09 bits per heavy atom. The minimum absolute atomic E-state index is 0.0500. The molecule has 1 aliphatic rings. The summed E-state index contributed by atoms with van der Waals surface area (Å²) in [4.78, 5) is 0. The van der Waals surface area contributed by atoms with Crippen LogP contribution in [0.15, 0.2) is 66.7 Å². The van der Waals surface area contributed by atoms with E-state index in [9.17, 15) is 0 Å². The number of fused-ring (bicyclic) bond motifs is 3. The molecule has 0 atom stereocenters.